The number of benzene rings is 2. The second-order valence-electron chi connectivity index (χ2n) is 5.98. The van der Waals surface area contributed by atoms with Gasteiger partial charge in [0.1, 0.15) is 10.6 Å². The average Bonchev–Trinajstić information content (AvgIpc) is 3.13. The van der Waals surface area contributed by atoms with E-state index in [4.69, 9.17) is 16.3 Å². The van der Waals surface area contributed by atoms with Crippen LogP contribution in [-0.2, 0) is 10.0 Å². The summed E-state index contributed by atoms with van der Waals surface area (Å²) in [6, 6.07) is 15.4. The number of sulfonamides is 1. The molecule has 4 aromatic rings. The summed E-state index contributed by atoms with van der Waals surface area (Å²) >= 11 is 7.41. The summed E-state index contributed by atoms with van der Waals surface area (Å²) in [5.41, 5.74) is 2.27. The lowest BCUT2D eigenvalue weighted by molar-refractivity contribution is 0.415. The Labute approximate surface area is 171 Å². The normalized spacial score (nSPS) is 11.5. The molecule has 0 fully saturated rings. The van der Waals surface area contributed by atoms with Crippen LogP contribution in [-0.4, -0.2) is 20.5 Å². The van der Waals surface area contributed by atoms with E-state index in [0.717, 1.165) is 27.1 Å². The maximum Gasteiger partial charge on any atom is 0.261 e. The maximum atomic E-state index is 12.9. The molecule has 0 atom stereocenters. The summed E-state index contributed by atoms with van der Waals surface area (Å²) in [5, 5.41) is 3.06. The Kier molecular flexibility index (Phi) is 4.97. The van der Waals surface area contributed by atoms with Gasteiger partial charge in [-0.15, -0.1) is 11.3 Å². The minimum absolute atomic E-state index is 0.100. The van der Waals surface area contributed by atoms with Gasteiger partial charge < -0.3 is 4.74 Å². The predicted molar refractivity (Wildman–Crippen MR) is 114 cm³/mol. The number of aromatic nitrogens is 1. The number of thiophene rings is 1. The van der Waals surface area contributed by atoms with Crippen LogP contribution in [0.15, 0.2) is 71.1 Å². The highest BCUT2D eigenvalue weighted by molar-refractivity contribution is 7.92. The first-order valence-electron chi connectivity index (χ1n) is 8.27. The van der Waals surface area contributed by atoms with E-state index in [9.17, 15) is 8.42 Å². The number of hydrogen-bond acceptors (Lipinski definition) is 5. The number of ether oxygens (including phenoxy) is 1. The number of halogens is 1. The van der Waals surface area contributed by atoms with Crippen molar-refractivity contribution in [2.75, 3.05) is 11.8 Å². The topological polar surface area (TPSA) is 68.3 Å². The highest BCUT2D eigenvalue weighted by atomic mass is 35.5. The molecule has 2 heterocycles. The van der Waals surface area contributed by atoms with Crippen LogP contribution in [0, 0.1) is 0 Å². The molecule has 0 unspecified atom stereocenters. The van der Waals surface area contributed by atoms with Crippen molar-refractivity contribution in [1.82, 2.24) is 4.98 Å². The first-order chi connectivity index (χ1) is 13.5. The molecule has 4 rings (SSSR count). The molecule has 2 aromatic heterocycles. The number of anilines is 1. The van der Waals surface area contributed by atoms with E-state index in [1.54, 1.807) is 31.5 Å². The molecule has 0 saturated carbocycles. The summed E-state index contributed by atoms with van der Waals surface area (Å²) in [4.78, 5) is 5.22. The van der Waals surface area contributed by atoms with Gasteiger partial charge in [0.2, 0.25) is 0 Å². The van der Waals surface area contributed by atoms with Gasteiger partial charge in [0, 0.05) is 27.5 Å². The largest absolute Gasteiger partial charge is 0.497 e. The minimum Gasteiger partial charge on any atom is -0.497 e. The second-order valence-corrected chi connectivity index (χ2v) is 8.96. The zero-order valence-corrected chi connectivity index (χ0v) is 17.1. The lowest BCUT2D eigenvalue weighted by Gasteiger charge is -2.11. The van der Waals surface area contributed by atoms with Crippen molar-refractivity contribution in [3.05, 3.63) is 71.2 Å². The summed E-state index contributed by atoms with van der Waals surface area (Å²) in [5.74, 6) is 0.724. The van der Waals surface area contributed by atoms with E-state index in [1.807, 2.05) is 29.6 Å². The molecule has 8 heteroatoms. The van der Waals surface area contributed by atoms with Crippen LogP contribution in [0.3, 0.4) is 0 Å². The third kappa shape index (κ3) is 3.56. The van der Waals surface area contributed by atoms with Gasteiger partial charge in [0.25, 0.3) is 10.0 Å². The summed E-state index contributed by atoms with van der Waals surface area (Å²) in [7, 11) is -2.19. The Bertz CT molecular complexity index is 1270. The van der Waals surface area contributed by atoms with Crippen LogP contribution in [0.25, 0.3) is 21.3 Å². The van der Waals surface area contributed by atoms with E-state index < -0.39 is 10.0 Å². The number of nitrogens with zero attached hydrogens (tertiary/aromatic N) is 1. The van der Waals surface area contributed by atoms with Crippen LogP contribution in [0.5, 0.6) is 5.75 Å². The molecule has 0 aliphatic carbocycles. The molecule has 0 amide bonds. The van der Waals surface area contributed by atoms with E-state index in [2.05, 4.69) is 9.71 Å². The Morgan fingerprint density at radius 3 is 2.71 bits per heavy atom. The van der Waals surface area contributed by atoms with E-state index in [-0.39, 0.29) is 4.90 Å². The number of hydrogen-bond donors (Lipinski definition) is 1. The Morgan fingerprint density at radius 2 is 1.93 bits per heavy atom. The minimum atomic E-state index is -3.80. The molecule has 0 bridgehead atoms. The average molecular weight is 431 g/mol. The van der Waals surface area contributed by atoms with Crippen molar-refractivity contribution < 1.29 is 13.2 Å². The fourth-order valence-corrected chi connectivity index (χ4v) is 5.21. The molecular formula is C20H15ClN2O3S2. The van der Waals surface area contributed by atoms with Gasteiger partial charge in [-0.3, -0.25) is 4.72 Å². The van der Waals surface area contributed by atoms with Crippen molar-refractivity contribution in [3.63, 3.8) is 0 Å². The summed E-state index contributed by atoms with van der Waals surface area (Å²) < 4.78 is 33.7. The van der Waals surface area contributed by atoms with Crippen LogP contribution in [0.2, 0.25) is 5.02 Å². The molecule has 28 heavy (non-hydrogen) atoms. The molecule has 2 aromatic carbocycles. The fourth-order valence-electron chi connectivity index (χ4n) is 2.89. The molecule has 1 N–H and O–H groups in total. The molecule has 0 aliphatic rings. The standard InChI is InChI=1S/C20H15ClN2O3S2/c1-26-15-6-2-4-13(10-15)17-12-27-20-19(17)18(8-9-22-20)23-28(24,25)16-7-3-5-14(21)11-16/h2-12H,1H3,(H,22,23). The van der Waals surface area contributed by atoms with E-state index in [1.165, 1.54) is 23.5 Å². The van der Waals surface area contributed by atoms with Crippen molar-refractivity contribution in [1.29, 1.82) is 0 Å². The summed E-state index contributed by atoms with van der Waals surface area (Å²) in [6.07, 6.45) is 1.59. The van der Waals surface area contributed by atoms with Gasteiger partial charge in [-0.2, -0.15) is 0 Å². The van der Waals surface area contributed by atoms with Gasteiger partial charge in [-0.1, -0.05) is 29.8 Å². The lowest BCUT2D eigenvalue weighted by atomic mass is 10.0. The molecule has 0 radical (unpaired) electrons. The zero-order chi connectivity index (χ0) is 19.7. The number of nitrogens with one attached hydrogen (secondary N) is 1. The third-order valence-electron chi connectivity index (χ3n) is 4.21. The van der Waals surface area contributed by atoms with Gasteiger partial charge in [-0.25, -0.2) is 13.4 Å². The van der Waals surface area contributed by atoms with Crippen molar-refractivity contribution in [2.45, 2.75) is 4.90 Å². The summed E-state index contributed by atoms with van der Waals surface area (Å²) in [6.45, 7) is 0. The zero-order valence-electron chi connectivity index (χ0n) is 14.7. The van der Waals surface area contributed by atoms with E-state index >= 15 is 0 Å². The van der Waals surface area contributed by atoms with Gasteiger partial charge in [-0.05, 0) is 42.0 Å². The van der Waals surface area contributed by atoms with Crippen LogP contribution in [0.1, 0.15) is 0 Å². The van der Waals surface area contributed by atoms with Crippen LogP contribution in [0.4, 0.5) is 5.69 Å². The Balaban J connectivity index is 1.83. The molecule has 0 saturated heterocycles. The second kappa shape index (κ2) is 7.43. The van der Waals surface area contributed by atoms with Crippen LogP contribution >= 0.6 is 22.9 Å². The lowest BCUT2D eigenvalue weighted by Crippen LogP contribution is -2.13. The first kappa shape index (κ1) is 18.7. The Hall–Kier alpha value is -2.61. The monoisotopic (exact) mass is 430 g/mol. The smallest absolute Gasteiger partial charge is 0.261 e. The van der Waals surface area contributed by atoms with Crippen molar-refractivity contribution >= 4 is 48.9 Å². The highest BCUT2D eigenvalue weighted by Crippen LogP contribution is 2.39. The third-order valence-corrected chi connectivity index (χ3v) is 6.69. The molecule has 142 valence electrons. The van der Waals surface area contributed by atoms with Gasteiger partial charge in [0.15, 0.2) is 0 Å². The quantitative estimate of drug-likeness (QED) is 0.458. The van der Waals surface area contributed by atoms with Crippen molar-refractivity contribution in [3.8, 4) is 16.9 Å². The molecule has 5 nitrogen and oxygen atoms in total. The predicted octanol–water partition coefficient (Wildman–Crippen LogP) is 5.43. The van der Waals surface area contributed by atoms with Gasteiger partial charge in [0.05, 0.1) is 17.7 Å². The van der Waals surface area contributed by atoms with Crippen LogP contribution < -0.4 is 9.46 Å². The van der Waals surface area contributed by atoms with E-state index in [0.29, 0.717) is 10.7 Å². The number of methoxy groups -OCH3 is 1. The van der Waals surface area contributed by atoms with Crippen molar-refractivity contribution in [2.24, 2.45) is 0 Å². The number of pyridine rings is 1. The first-order valence-corrected chi connectivity index (χ1v) is 11.0. The number of rotatable bonds is 5. The highest BCUT2D eigenvalue weighted by Gasteiger charge is 2.19. The van der Waals surface area contributed by atoms with Gasteiger partial charge >= 0.3 is 0 Å². The fraction of sp³-hybridized carbons (Fsp3) is 0.0500. The molecule has 0 spiro atoms. The SMILES string of the molecule is COc1cccc(-c2csc3nccc(NS(=O)(=O)c4cccc(Cl)c4)c23)c1. The molecular weight excluding hydrogens is 416 g/mol. The Morgan fingerprint density at radius 1 is 1.11 bits per heavy atom. The molecule has 0 aliphatic heterocycles. The maximum absolute atomic E-state index is 12.9. The number of fused-ring (bicyclic) bond motifs is 1.